The first kappa shape index (κ1) is 19.9. The molecule has 2 atom stereocenters. The molecule has 1 aliphatic heterocycles. The van der Waals surface area contributed by atoms with E-state index >= 15 is 0 Å². The summed E-state index contributed by atoms with van der Waals surface area (Å²) >= 11 is 0. The van der Waals surface area contributed by atoms with Crippen LogP contribution < -0.4 is 10.6 Å². The molecule has 0 spiro atoms. The van der Waals surface area contributed by atoms with Crippen LogP contribution in [0.25, 0.3) is 0 Å². The molecule has 2 aliphatic rings. The van der Waals surface area contributed by atoms with Crippen LogP contribution in [0.5, 0.6) is 0 Å². The van der Waals surface area contributed by atoms with E-state index < -0.39 is 29.5 Å². The fraction of sp³-hybridized carbons (Fsp3) is 0.286. The Hall–Kier alpha value is -3.36. The van der Waals surface area contributed by atoms with Crippen LogP contribution in [0.4, 0.5) is 18.9 Å². The molecule has 1 aromatic heterocycles. The number of alkyl halides is 3. The number of rotatable bonds is 3. The summed E-state index contributed by atoms with van der Waals surface area (Å²) in [5, 5.41) is 5.08. The number of carbonyl (C=O) groups excluding carboxylic acids is 3. The number of carbonyl (C=O) groups is 3. The minimum atomic E-state index is -4.55. The summed E-state index contributed by atoms with van der Waals surface area (Å²) in [6.45, 7) is 0. The van der Waals surface area contributed by atoms with E-state index in [9.17, 15) is 27.6 Å². The van der Waals surface area contributed by atoms with Gasteiger partial charge in [0.2, 0.25) is 11.8 Å². The number of benzene rings is 1. The molecular formula is C21H17F3N2O4. The zero-order valence-corrected chi connectivity index (χ0v) is 15.6. The van der Waals surface area contributed by atoms with E-state index in [1.54, 1.807) is 12.1 Å². The lowest BCUT2D eigenvalue weighted by Crippen LogP contribution is -2.43. The largest absolute Gasteiger partial charge is 0.469 e. The minimum Gasteiger partial charge on any atom is -0.469 e. The Bertz CT molecular complexity index is 1040. The smallest absolute Gasteiger partial charge is 0.416 e. The average molecular weight is 418 g/mol. The van der Waals surface area contributed by atoms with Gasteiger partial charge in [0.25, 0.3) is 0 Å². The van der Waals surface area contributed by atoms with Crippen LogP contribution in [0.3, 0.4) is 0 Å². The lowest BCUT2D eigenvalue weighted by atomic mass is 9.76. The number of halogens is 3. The second-order valence-corrected chi connectivity index (χ2v) is 7.31. The molecule has 2 N–H and O–H groups in total. The summed E-state index contributed by atoms with van der Waals surface area (Å²) in [6.07, 6.45) is -2.86. The highest BCUT2D eigenvalue weighted by Crippen LogP contribution is 2.39. The molecule has 4 rings (SSSR count). The quantitative estimate of drug-likeness (QED) is 0.794. The van der Waals surface area contributed by atoms with Crippen molar-refractivity contribution in [2.75, 3.05) is 5.32 Å². The van der Waals surface area contributed by atoms with Crippen molar-refractivity contribution >= 4 is 23.3 Å². The first-order chi connectivity index (χ1) is 14.2. The van der Waals surface area contributed by atoms with Crippen LogP contribution in [-0.2, 0) is 20.6 Å². The highest BCUT2D eigenvalue weighted by molar-refractivity contribution is 6.09. The molecule has 1 aliphatic carbocycles. The molecule has 2 aromatic rings. The van der Waals surface area contributed by atoms with E-state index in [2.05, 4.69) is 10.6 Å². The number of anilines is 1. The van der Waals surface area contributed by atoms with Crippen LogP contribution in [0.1, 0.15) is 36.5 Å². The number of allylic oxidation sites excluding steroid dienone is 1. The van der Waals surface area contributed by atoms with Crippen LogP contribution in [0.15, 0.2) is 58.3 Å². The van der Waals surface area contributed by atoms with Gasteiger partial charge in [-0.05, 0) is 36.8 Å². The Balaban J connectivity index is 1.59. The van der Waals surface area contributed by atoms with Crippen molar-refractivity contribution in [2.24, 2.45) is 5.92 Å². The third kappa shape index (κ3) is 3.87. The average Bonchev–Trinajstić information content (AvgIpc) is 3.21. The minimum absolute atomic E-state index is 0.0559. The number of Topliss-reactive ketones (excluding diaryl/α,β-unsaturated/α-hetero) is 1. The molecule has 2 amide bonds. The second kappa shape index (κ2) is 7.47. The number of nitrogens with one attached hydrogen (secondary N) is 2. The molecule has 0 saturated carbocycles. The Morgan fingerprint density at radius 1 is 1.10 bits per heavy atom. The van der Waals surface area contributed by atoms with Gasteiger partial charge in [-0.25, -0.2) is 0 Å². The number of ketones is 1. The lowest BCUT2D eigenvalue weighted by molar-refractivity contribution is -0.137. The first-order valence-corrected chi connectivity index (χ1v) is 9.30. The zero-order chi connectivity index (χ0) is 21.5. The van der Waals surface area contributed by atoms with Crippen molar-refractivity contribution in [3.63, 3.8) is 0 Å². The van der Waals surface area contributed by atoms with Gasteiger partial charge in [-0.3, -0.25) is 14.4 Å². The van der Waals surface area contributed by atoms with Crippen LogP contribution in [0.2, 0.25) is 0 Å². The molecule has 0 unspecified atom stereocenters. The summed E-state index contributed by atoms with van der Waals surface area (Å²) in [4.78, 5) is 37.8. The summed E-state index contributed by atoms with van der Waals surface area (Å²) in [5.74, 6) is -2.11. The van der Waals surface area contributed by atoms with E-state index in [0.29, 0.717) is 17.9 Å². The summed E-state index contributed by atoms with van der Waals surface area (Å²) in [6, 6.07) is 7.65. The van der Waals surface area contributed by atoms with E-state index in [0.717, 1.165) is 12.1 Å². The predicted octanol–water partition coefficient (Wildman–Crippen LogP) is 3.77. The normalized spacial score (nSPS) is 21.8. The maximum absolute atomic E-state index is 12.9. The third-order valence-electron chi connectivity index (χ3n) is 5.26. The van der Waals surface area contributed by atoms with Gasteiger partial charge >= 0.3 is 6.18 Å². The van der Waals surface area contributed by atoms with E-state index in [-0.39, 0.29) is 35.8 Å². The molecule has 2 heterocycles. The molecule has 0 fully saturated rings. The van der Waals surface area contributed by atoms with Crippen molar-refractivity contribution in [3.8, 4) is 0 Å². The molecule has 0 saturated heterocycles. The van der Waals surface area contributed by atoms with Crippen molar-refractivity contribution in [1.82, 2.24) is 5.32 Å². The molecule has 9 heteroatoms. The number of furan rings is 1. The van der Waals surface area contributed by atoms with Crippen molar-refractivity contribution < 1.29 is 32.0 Å². The molecular weight excluding hydrogens is 401 g/mol. The second-order valence-electron chi connectivity index (χ2n) is 7.31. The van der Waals surface area contributed by atoms with Gasteiger partial charge in [0.15, 0.2) is 5.78 Å². The SMILES string of the molecule is O=C1C[C@@H](C(=O)Nc2cccc(C(F)(F)F)c2)C2=C(C[C@@H](c3ccco3)CC2=O)N1. The first-order valence-electron chi connectivity index (χ1n) is 9.30. The van der Waals surface area contributed by atoms with Gasteiger partial charge in [0.05, 0.1) is 17.7 Å². The topological polar surface area (TPSA) is 88.4 Å². The monoisotopic (exact) mass is 418 g/mol. The molecule has 0 radical (unpaired) electrons. The fourth-order valence-electron chi connectivity index (χ4n) is 3.91. The lowest BCUT2D eigenvalue weighted by Gasteiger charge is -2.32. The summed E-state index contributed by atoms with van der Waals surface area (Å²) in [7, 11) is 0. The molecule has 30 heavy (non-hydrogen) atoms. The maximum atomic E-state index is 12.9. The molecule has 6 nitrogen and oxygen atoms in total. The van der Waals surface area contributed by atoms with Crippen LogP contribution >= 0.6 is 0 Å². The van der Waals surface area contributed by atoms with Gasteiger partial charge < -0.3 is 15.1 Å². The van der Waals surface area contributed by atoms with Gasteiger partial charge in [-0.2, -0.15) is 13.2 Å². The van der Waals surface area contributed by atoms with Gasteiger partial charge in [0.1, 0.15) is 5.76 Å². The van der Waals surface area contributed by atoms with Crippen molar-refractivity contribution in [3.05, 3.63) is 65.3 Å². The number of hydrogen-bond donors (Lipinski definition) is 2. The van der Waals surface area contributed by atoms with E-state index in [4.69, 9.17) is 4.42 Å². The van der Waals surface area contributed by atoms with Gasteiger partial charge in [-0.1, -0.05) is 6.07 Å². The fourth-order valence-corrected chi connectivity index (χ4v) is 3.91. The Morgan fingerprint density at radius 3 is 2.60 bits per heavy atom. The third-order valence-corrected chi connectivity index (χ3v) is 5.26. The van der Waals surface area contributed by atoms with Gasteiger partial charge in [0, 0.05) is 35.7 Å². The van der Waals surface area contributed by atoms with Crippen LogP contribution in [-0.4, -0.2) is 17.6 Å². The summed E-state index contributed by atoms with van der Waals surface area (Å²) < 4.78 is 44.1. The Labute approximate surface area is 169 Å². The van der Waals surface area contributed by atoms with Gasteiger partial charge in [-0.15, -0.1) is 0 Å². The zero-order valence-electron chi connectivity index (χ0n) is 15.6. The standard InChI is InChI=1S/C21H17F3N2O4/c22-21(23,24)12-3-1-4-13(9-12)25-20(29)14-10-18(28)26-15-7-11(8-16(27)19(14)15)17-5-2-6-30-17/h1-6,9,11,14H,7-8,10H2,(H,25,29)(H,26,28)/t11-,14-/m1/s1. The summed E-state index contributed by atoms with van der Waals surface area (Å²) in [5.41, 5.74) is -0.383. The number of hydrogen-bond acceptors (Lipinski definition) is 4. The van der Waals surface area contributed by atoms with E-state index in [1.165, 1.54) is 18.4 Å². The van der Waals surface area contributed by atoms with Crippen molar-refractivity contribution in [2.45, 2.75) is 31.4 Å². The predicted molar refractivity (Wildman–Crippen MR) is 99.0 cm³/mol. The van der Waals surface area contributed by atoms with Crippen LogP contribution in [0, 0.1) is 5.92 Å². The van der Waals surface area contributed by atoms with E-state index in [1.807, 2.05) is 0 Å². The molecule has 1 aromatic carbocycles. The Kier molecular flexibility index (Phi) is 4.97. The Morgan fingerprint density at radius 2 is 1.90 bits per heavy atom. The van der Waals surface area contributed by atoms with Crippen molar-refractivity contribution in [1.29, 1.82) is 0 Å². The highest BCUT2D eigenvalue weighted by atomic mass is 19.4. The highest BCUT2D eigenvalue weighted by Gasteiger charge is 2.41. The molecule has 0 bridgehead atoms. The maximum Gasteiger partial charge on any atom is 0.416 e. The number of amides is 2. The molecule has 156 valence electrons.